The van der Waals surface area contributed by atoms with E-state index < -0.39 is 0 Å². The van der Waals surface area contributed by atoms with Crippen LogP contribution in [0.3, 0.4) is 0 Å². The minimum absolute atomic E-state index is 0.154. The lowest BCUT2D eigenvalue weighted by molar-refractivity contribution is 0.103. The fourth-order valence-electron chi connectivity index (χ4n) is 2.15. The van der Waals surface area contributed by atoms with Gasteiger partial charge in [0.25, 0.3) is 0 Å². The van der Waals surface area contributed by atoms with E-state index in [1.165, 1.54) is 6.33 Å². The summed E-state index contributed by atoms with van der Waals surface area (Å²) in [7, 11) is 1.78. The molecule has 21 heavy (non-hydrogen) atoms. The molecule has 6 nitrogen and oxygen atoms in total. The maximum atomic E-state index is 12.6. The van der Waals surface area contributed by atoms with Crippen molar-refractivity contribution < 1.29 is 9.53 Å². The number of ketones is 1. The summed E-state index contributed by atoms with van der Waals surface area (Å²) in [4.78, 5) is 20.8. The monoisotopic (exact) mass is 282 g/mol. The van der Waals surface area contributed by atoms with E-state index >= 15 is 0 Å². The molecule has 0 fully saturated rings. The number of ether oxygens (including phenoxy) is 1. The van der Waals surface area contributed by atoms with Gasteiger partial charge in [0.05, 0.1) is 18.2 Å². The number of carbonyl (C=O) groups is 1. The number of fused-ring (bicyclic) bond motifs is 1. The van der Waals surface area contributed by atoms with E-state index in [-0.39, 0.29) is 5.78 Å². The van der Waals surface area contributed by atoms with Gasteiger partial charge in [-0.15, -0.1) is 0 Å². The van der Waals surface area contributed by atoms with Crippen LogP contribution in [-0.4, -0.2) is 32.1 Å². The van der Waals surface area contributed by atoms with E-state index in [9.17, 15) is 4.79 Å². The Morgan fingerprint density at radius 2 is 2.00 bits per heavy atom. The molecule has 0 aliphatic rings. The van der Waals surface area contributed by atoms with Crippen molar-refractivity contribution in [3.8, 4) is 5.75 Å². The van der Waals surface area contributed by atoms with E-state index in [0.717, 1.165) is 5.75 Å². The second-order valence-corrected chi connectivity index (χ2v) is 4.51. The first-order valence-corrected chi connectivity index (χ1v) is 6.61. The summed E-state index contributed by atoms with van der Waals surface area (Å²) in [5, 5.41) is 4.76. The number of aromatic nitrogens is 4. The van der Waals surface area contributed by atoms with Crippen LogP contribution in [0.2, 0.25) is 0 Å². The van der Waals surface area contributed by atoms with E-state index in [0.29, 0.717) is 28.9 Å². The molecule has 0 unspecified atom stereocenters. The quantitative estimate of drug-likeness (QED) is 0.684. The summed E-state index contributed by atoms with van der Waals surface area (Å²) in [6.07, 6.45) is 2.99. The van der Waals surface area contributed by atoms with E-state index in [4.69, 9.17) is 4.74 Å². The summed E-state index contributed by atoms with van der Waals surface area (Å²) >= 11 is 0. The van der Waals surface area contributed by atoms with Gasteiger partial charge in [-0.2, -0.15) is 5.10 Å². The Kier molecular flexibility index (Phi) is 3.35. The smallest absolute Gasteiger partial charge is 0.212 e. The molecule has 0 aliphatic heterocycles. The third-order valence-corrected chi connectivity index (χ3v) is 3.17. The number of hydrogen-bond acceptors (Lipinski definition) is 5. The van der Waals surface area contributed by atoms with Crippen LogP contribution in [0.5, 0.6) is 5.75 Å². The molecule has 2 aromatic heterocycles. The molecular weight excluding hydrogens is 268 g/mol. The summed E-state index contributed by atoms with van der Waals surface area (Å²) in [5.41, 5.74) is 1.55. The number of carbonyl (C=O) groups excluding carboxylic acids is 1. The van der Waals surface area contributed by atoms with Crippen LogP contribution in [0.4, 0.5) is 0 Å². The number of benzene rings is 1. The Morgan fingerprint density at radius 3 is 2.71 bits per heavy atom. The predicted octanol–water partition coefficient (Wildman–Crippen LogP) is 1.99. The highest BCUT2D eigenvalue weighted by atomic mass is 16.5. The van der Waals surface area contributed by atoms with Crippen molar-refractivity contribution in [3.05, 3.63) is 48.0 Å². The van der Waals surface area contributed by atoms with Gasteiger partial charge < -0.3 is 4.74 Å². The molecule has 0 radical (unpaired) electrons. The number of rotatable bonds is 4. The molecule has 0 aliphatic carbocycles. The molecular formula is C15H14N4O2. The second kappa shape index (κ2) is 5.32. The molecule has 106 valence electrons. The first kappa shape index (κ1) is 13.2. The lowest BCUT2D eigenvalue weighted by Crippen LogP contribution is -2.06. The molecule has 1 aromatic carbocycles. The molecule has 0 spiro atoms. The Labute approximate surface area is 121 Å². The van der Waals surface area contributed by atoms with Gasteiger partial charge in [-0.05, 0) is 31.2 Å². The summed E-state index contributed by atoms with van der Waals surface area (Å²) in [6.45, 7) is 2.51. The largest absolute Gasteiger partial charge is 0.494 e. The third-order valence-electron chi connectivity index (χ3n) is 3.17. The van der Waals surface area contributed by atoms with Crippen LogP contribution >= 0.6 is 0 Å². The summed E-state index contributed by atoms with van der Waals surface area (Å²) < 4.78 is 6.99. The highest BCUT2D eigenvalue weighted by Crippen LogP contribution is 2.19. The molecule has 0 bridgehead atoms. The average Bonchev–Trinajstić information content (AvgIpc) is 2.89. The van der Waals surface area contributed by atoms with Crippen LogP contribution in [0.25, 0.3) is 11.0 Å². The molecule has 3 aromatic rings. The zero-order chi connectivity index (χ0) is 14.8. The molecule has 0 saturated carbocycles. The fraction of sp³-hybridized carbons (Fsp3) is 0.200. The molecule has 2 heterocycles. The first-order chi connectivity index (χ1) is 10.2. The van der Waals surface area contributed by atoms with Crippen LogP contribution < -0.4 is 4.74 Å². The Morgan fingerprint density at radius 1 is 1.24 bits per heavy atom. The lowest BCUT2D eigenvalue weighted by atomic mass is 10.1. The zero-order valence-electron chi connectivity index (χ0n) is 11.8. The maximum Gasteiger partial charge on any atom is 0.212 e. The zero-order valence-corrected chi connectivity index (χ0v) is 11.8. The van der Waals surface area contributed by atoms with Gasteiger partial charge in [-0.25, -0.2) is 9.97 Å². The second-order valence-electron chi connectivity index (χ2n) is 4.51. The summed E-state index contributed by atoms with van der Waals surface area (Å²) in [6, 6.07) is 7.02. The van der Waals surface area contributed by atoms with E-state index in [1.54, 1.807) is 42.2 Å². The number of hydrogen-bond donors (Lipinski definition) is 0. The van der Waals surface area contributed by atoms with Crippen LogP contribution in [0, 0.1) is 0 Å². The predicted molar refractivity (Wildman–Crippen MR) is 77.3 cm³/mol. The topological polar surface area (TPSA) is 69.9 Å². The van der Waals surface area contributed by atoms with Gasteiger partial charge in [-0.3, -0.25) is 9.48 Å². The Balaban J connectivity index is 2.00. The number of nitrogens with zero attached hydrogens (tertiary/aromatic N) is 4. The van der Waals surface area contributed by atoms with Gasteiger partial charge >= 0.3 is 0 Å². The Bertz CT molecular complexity index is 793. The molecule has 3 rings (SSSR count). The lowest BCUT2D eigenvalue weighted by Gasteiger charge is -2.05. The van der Waals surface area contributed by atoms with Crippen LogP contribution in [0.15, 0.2) is 36.8 Å². The third kappa shape index (κ3) is 2.35. The van der Waals surface area contributed by atoms with Gasteiger partial charge in [0, 0.05) is 12.6 Å². The summed E-state index contributed by atoms with van der Waals surface area (Å²) in [5.74, 6) is 0.585. The van der Waals surface area contributed by atoms with Gasteiger partial charge in [0.1, 0.15) is 17.8 Å². The first-order valence-electron chi connectivity index (χ1n) is 6.61. The van der Waals surface area contributed by atoms with Crippen molar-refractivity contribution in [2.24, 2.45) is 7.05 Å². The standard InChI is InChI=1S/C15H14N4O2/c1-3-21-11-6-4-10(5-7-11)14(20)13-12-8-18-19(2)15(12)17-9-16-13/h4-9H,3H2,1-2H3. The van der Waals surface area contributed by atoms with Gasteiger partial charge in [0.15, 0.2) is 5.65 Å². The highest BCUT2D eigenvalue weighted by Gasteiger charge is 2.16. The van der Waals surface area contributed by atoms with Gasteiger partial charge in [-0.1, -0.05) is 0 Å². The Hall–Kier alpha value is -2.76. The minimum atomic E-state index is -0.154. The highest BCUT2D eigenvalue weighted by molar-refractivity contribution is 6.14. The van der Waals surface area contributed by atoms with Crippen molar-refractivity contribution in [2.45, 2.75) is 6.92 Å². The van der Waals surface area contributed by atoms with Crippen molar-refractivity contribution in [2.75, 3.05) is 6.61 Å². The fourth-order valence-corrected chi connectivity index (χ4v) is 2.15. The van der Waals surface area contributed by atoms with Crippen molar-refractivity contribution in [3.63, 3.8) is 0 Å². The minimum Gasteiger partial charge on any atom is -0.494 e. The SMILES string of the molecule is CCOc1ccc(C(=O)c2ncnc3c2cnn3C)cc1. The van der Waals surface area contributed by atoms with Crippen LogP contribution in [0.1, 0.15) is 23.0 Å². The van der Waals surface area contributed by atoms with Crippen molar-refractivity contribution in [1.82, 2.24) is 19.7 Å². The molecule has 0 atom stereocenters. The van der Waals surface area contributed by atoms with Gasteiger partial charge in [0.2, 0.25) is 5.78 Å². The molecule has 0 saturated heterocycles. The maximum absolute atomic E-state index is 12.6. The normalized spacial score (nSPS) is 10.8. The van der Waals surface area contributed by atoms with Crippen molar-refractivity contribution >= 4 is 16.8 Å². The number of aryl methyl sites for hydroxylation is 1. The molecule has 6 heteroatoms. The molecule has 0 N–H and O–H groups in total. The van der Waals surface area contributed by atoms with E-state index in [2.05, 4.69) is 15.1 Å². The average molecular weight is 282 g/mol. The van der Waals surface area contributed by atoms with Crippen molar-refractivity contribution in [1.29, 1.82) is 0 Å². The van der Waals surface area contributed by atoms with Crippen LogP contribution in [-0.2, 0) is 7.05 Å². The van der Waals surface area contributed by atoms with E-state index in [1.807, 2.05) is 6.92 Å². The molecule has 0 amide bonds.